The first-order valence-corrected chi connectivity index (χ1v) is 7.18. The van der Waals surface area contributed by atoms with Crippen molar-refractivity contribution in [1.29, 1.82) is 5.26 Å². The van der Waals surface area contributed by atoms with Crippen LogP contribution in [0.4, 0.5) is 5.69 Å². The van der Waals surface area contributed by atoms with Crippen LogP contribution in [0, 0.1) is 11.3 Å². The van der Waals surface area contributed by atoms with Crippen molar-refractivity contribution in [2.24, 2.45) is 0 Å². The number of hydrogen-bond donors (Lipinski definition) is 2. The van der Waals surface area contributed by atoms with Gasteiger partial charge in [-0.15, -0.1) is 0 Å². The molecule has 3 rings (SSSR count). The summed E-state index contributed by atoms with van der Waals surface area (Å²) in [5, 5.41) is 21.3. The predicted molar refractivity (Wildman–Crippen MR) is 88.8 cm³/mol. The predicted octanol–water partition coefficient (Wildman–Crippen LogP) is 3.26. The van der Waals surface area contributed by atoms with Crippen molar-refractivity contribution in [2.75, 3.05) is 12.4 Å². The Kier molecular flexibility index (Phi) is 4.10. The molecule has 124 valence electrons. The maximum atomic E-state index is 12.4. The van der Waals surface area contributed by atoms with Gasteiger partial charge in [-0.3, -0.25) is 4.79 Å². The van der Waals surface area contributed by atoms with E-state index >= 15 is 0 Å². The highest BCUT2D eigenvalue weighted by Gasteiger charge is 2.17. The summed E-state index contributed by atoms with van der Waals surface area (Å²) < 4.78 is 10.6. The number of carbonyl (C=O) groups is 2. The number of aromatic carboxylic acids is 1. The molecular formula is C18H12N2O5. The topological polar surface area (TPSA) is 113 Å². The van der Waals surface area contributed by atoms with Gasteiger partial charge in [-0.25, -0.2) is 4.79 Å². The van der Waals surface area contributed by atoms with E-state index in [1.807, 2.05) is 6.07 Å². The summed E-state index contributed by atoms with van der Waals surface area (Å²) in [4.78, 5) is 23.7. The van der Waals surface area contributed by atoms with Crippen molar-refractivity contribution < 1.29 is 23.8 Å². The van der Waals surface area contributed by atoms with E-state index in [2.05, 4.69) is 5.32 Å². The Morgan fingerprint density at radius 1 is 1.20 bits per heavy atom. The third kappa shape index (κ3) is 3.14. The largest absolute Gasteiger partial charge is 0.497 e. The lowest BCUT2D eigenvalue weighted by Gasteiger charge is -2.07. The van der Waals surface area contributed by atoms with Gasteiger partial charge in [0.15, 0.2) is 5.76 Å². The molecule has 1 aromatic heterocycles. The molecule has 0 atom stereocenters. The number of carbonyl (C=O) groups excluding carboxylic acids is 1. The number of hydrogen-bond acceptors (Lipinski definition) is 5. The second kappa shape index (κ2) is 6.37. The third-order valence-electron chi connectivity index (χ3n) is 3.57. The van der Waals surface area contributed by atoms with E-state index in [0.717, 1.165) is 0 Å². The summed E-state index contributed by atoms with van der Waals surface area (Å²) in [6.45, 7) is 0. The fraction of sp³-hybridized carbons (Fsp3) is 0.0556. The molecule has 2 aromatic carbocycles. The van der Waals surface area contributed by atoms with E-state index in [-0.39, 0.29) is 22.6 Å². The zero-order chi connectivity index (χ0) is 18.0. The average Bonchev–Trinajstić information content (AvgIpc) is 3.05. The highest BCUT2D eigenvalue weighted by Crippen LogP contribution is 2.25. The van der Waals surface area contributed by atoms with Crippen LogP contribution < -0.4 is 10.1 Å². The number of carboxylic acids is 1. The lowest BCUT2D eigenvalue weighted by Crippen LogP contribution is -2.14. The molecule has 2 N–H and O–H groups in total. The van der Waals surface area contributed by atoms with Crippen LogP contribution in [0.1, 0.15) is 26.5 Å². The SMILES string of the molecule is COc1ccc2oc(C(=O)Nc3ccc(C#N)cc3C(=O)O)cc2c1. The third-order valence-corrected chi connectivity index (χ3v) is 3.57. The van der Waals surface area contributed by atoms with E-state index in [1.165, 1.54) is 31.4 Å². The highest BCUT2D eigenvalue weighted by molar-refractivity contribution is 6.08. The fourth-order valence-electron chi connectivity index (χ4n) is 2.34. The summed E-state index contributed by atoms with van der Waals surface area (Å²) in [6, 6.07) is 12.5. The van der Waals surface area contributed by atoms with E-state index in [9.17, 15) is 14.7 Å². The number of fused-ring (bicyclic) bond motifs is 1. The van der Waals surface area contributed by atoms with E-state index in [1.54, 1.807) is 18.2 Å². The minimum atomic E-state index is -1.25. The standard InChI is InChI=1S/C18H12N2O5/c1-24-12-3-5-15-11(7-12)8-16(25-15)17(21)20-14-4-2-10(9-19)6-13(14)18(22)23/h2-8H,1H3,(H,20,21)(H,22,23). The van der Waals surface area contributed by atoms with Crippen LogP contribution in [-0.2, 0) is 0 Å². The van der Waals surface area contributed by atoms with Gasteiger partial charge in [-0.05, 0) is 42.5 Å². The number of nitrogens with zero attached hydrogens (tertiary/aromatic N) is 1. The molecule has 0 bridgehead atoms. The number of rotatable bonds is 4. The molecule has 1 amide bonds. The first-order chi connectivity index (χ1) is 12.0. The molecule has 3 aromatic rings. The first-order valence-electron chi connectivity index (χ1n) is 7.18. The van der Waals surface area contributed by atoms with Gasteiger partial charge in [0.25, 0.3) is 5.91 Å². The van der Waals surface area contributed by atoms with Gasteiger partial charge in [0.1, 0.15) is 11.3 Å². The van der Waals surface area contributed by atoms with E-state index in [4.69, 9.17) is 14.4 Å². The number of anilines is 1. The number of nitriles is 1. The Morgan fingerprint density at radius 3 is 2.68 bits per heavy atom. The Bertz CT molecular complexity index is 1030. The lowest BCUT2D eigenvalue weighted by atomic mass is 10.1. The maximum absolute atomic E-state index is 12.4. The Hall–Kier alpha value is -3.79. The molecule has 0 aliphatic rings. The molecule has 25 heavy (non-hydrogen) atoms. The summed E-state index contributed by atoms with van der Waals surface area (Å²) in [5.74, 6) is -1.19. The number of methoxy groups -OCH3 is 1. The number of nitrogens with one attached hydrogen (secondary N) is 1. The minimum absolute atomic E-state index is 0.0314. The molecule has 0 saturated heterocycles. The number of furan rings is 1. The molecule has 1 heterocycles. The van der Waals surface area contributed by atoms with Crippen LogP contribution in [0.5, 0.6) is 5.75 Å². The molecule has 7 heteroatoms. The van der Waals surface area contributed by atoms with Crippen molar-refractivity contribution >= 4 is 28.5 Å². The molecule has 0 saturated carbocycles. The van der Waals surface area contributed by atoms with Crippen LogP contribution in [0.15, 0.2) is 46.9 Å². The highest BCUT2D eigenvalue weighted by atomic mass is 16.5. The molecule has 7 nitrogen and oxygen atoms in total. The normalized spacial score (nSPS) is 10.2. The number of benzene rings is 2. The molecule has 0 aliphatic heterocycles. The monoisotopic (exact) mass is 336 g/mol. The molecular weight excluding hydrogens is 324 g/mol. The molecule has 0 unspecified atom stereocenters. The van der Waals surface area contributed by atoms with Crippen molar-refractivity contribution in [3.05, 3.63) is 59.4 Å². The summed E-state index contributed by atoms with van der Waals surface area (Å²) >= 11 is 0. The van der Waals surface area contributed by atoms with Crippen molar-refractivity contribution in [1.82, 2.24) is 0 Å². The zero-order valence-electron chi connectivity index (χ0n) is 13.1. The van der Waals surface area contributed by atoms with Crippen LogP contribution in [0.2, 0.25) is 0 Å². The van der Waals surface area contributed by atoms with Gasteiger partial charge >= 0.3 is 5.97 Å². The number of ether oxygens (including phenoxy) is 1. The smallest absolute Gasteiger partial charge is 0.337 e. The first kappa shape index (κ1) is 16.1. The molecule has 0 radical (unpaired) electrons. The van der Waals surface area contributed by atoms with E-state index < -0.39 is 11.9 Å². The minimum Gasteiger partial charge on any atom is -0.497 e. The lowest BCUT2D eigenvalue weighted by molar-refractivity contribution is 0.0698. The van der Waals surface area contributed by atoms with Gasteiger partial charge in [0, 0.05) is 5.39 Å². The number of carboxylic acid groups (broad SMARTS) is 1. The average molecular weight is 336 g/mol. The van der Waals surface area contributed by atoms with Gasteiger partial charge in [-0.1, -0.05) is 0 Å². The maximum Gasteiger partial charge on any atom is 0.337 e. The van der Waals surface area contributed by atoms with Crippen molar-refractivity contribution in [2.45, 2.75) is 0 Å². The van der Waals surface area contributed by atoms with Gasteiger partial charge in [0.05, 0.1) is 30.0 Å². The second-order valence-corrected chi connectivity index (χ2v) is 5.15. The zero-order valence-corrected chi connectivity index (χ0v) is 13.1. The Morgan fingerprint density at radius 2 is 2.00 bits per heavy atom. The summed E-state index contributed by atoms with van der Waals surface area (Å²) in [6.07, 6.45) is 0. The fourth-order valence-corrected chi connectivity index (χ4v) is 2.34. The van der Waals surface area contributed by atoms with Crippen LogP contribution in [0.25, 0.3) is 11.0 Å². The van der Waals surface area contributed by atoms with E-state index in [0.29, 0.717) is 16.7 Å². The molecule has 0 spiro atoms. The number of amides is 1. The summed E-state index contributed by atoms with van der Waals surface area (Å²) in [5.41, 5.74) is 0.593. The Labute approximate surface area is 142 Å². The quantitative estimate of drug-likeness (QED) is 0.756. The van der Waals surface area contributed by atoms with Crippen LogP contribution in [-0.4, -0.2) is 24.1 Å². The van der Waals surface area contributed by atoms with Crippen LogP contribution in [0.3, 0.4) is 0 Å². The van der Waals surface area contributed by atoms with Gasteiger partial charge in [0.2, 0.25) is 0 Å². The van der Waals surface area contributed by atoms with Crippen molar-refractivity contribution in [3.8, 4) is 11.8 Å². The summed E-state index contributed by atoms with van der Waals surface area (Å²) in [7, 11) is 1.53. The second-order valence-electron chi connectivity index (χ2n) is 5.15. The van der Waals surface area contributed by atoms with Crippen LogP contribution >= 0.6 is 0 Å². The van der Waals surface area contributed by atoms with Gasteiger partial charge < -0.3 is 19.6 Å². The van der Waals surface area contributed by atoms with Crippen molar-refractivity contribution in [3.63, 3.8) is 0 Å². The van der Waals surface area contributed by atoms with Gasteiger partial charge in [-0.2, -0.15) is 5.26 Å². The molecule has 0 aliphatic carbocycles. The Balaban J connectivity index is 1.92. The molecule has 0 fully saturated rings.